The van der Waals surface area contributed by atoms with E-state index in [1.165, 1.54) is 0 Å². The molecule has 0 aliphatic carbocycles. The van der Waals surface area contributed by atoms with E-state index in [4.69, 9.17) is 0 Å². The van der Waals surface area contributed by atoms with Gasteiger partial charge in [0.1, 0.15) is 18.5 Å². The molecule has 0 radical (unpaired) electrons. The molecule has 0 N–H and O–H groups in total. The second kappa shape index (κ2) is 3.82. The fourth-order valence-corrected chi connectivity index (χ4v) is 1.54. The summed E-state index contributed by atoms with van der Waals surface area (Å²) >= 11 is 0. The third-order valence-electron chi connectivity index (χ3n) is 2.39. The summed E-state index contributed by atoms with van der Waals surface area (Å²) in [4.78, 5) is 4.33. The predicted octanol–water partition coefficient (Wildman–Crippen LogP) is 1.16. The van der Waals surface area contributed by atoms with E-state index in [1.54, 1.807) is 28.1 Å². The van der Waals surface area contributed by atoms with Crippen molar-refractivity contribution in [3.63, 3.8) is 0 Å². The van der Waals surface area contributed by atoms with Crippen LogP contribution in [0.15, 0.2) is 43.4 Å². The van der Waals surface area contributed by atoms with E-state index in [1.807, 2.05) is 31.5 Å². The first-order chi connectivity index (χ1) is 8.33. The van der Waals surface area contributed by atoms with Crippen LogP contribution < -0.4 is 0 Å². The average Bonchev–Trinajstić information content (AvgIpc) is 3.00. The van der Waals surface area contributed by atoms with E-state index in [9.17, 15) is 0 Å². The topological polar surface area (TPSA) is 61.4 Å². The highest BCUT2D eigenvalue weighted by Gasteiger charge is 2.01. The van der Waals surface area contributed by atoms with Crippen LogP contribution in [-0.4, -0.2) is 29.5 Å². The molecule has 17 heavy (non-hydrogen) atoms. The van der Waals surface area contributed by atoms with Crippen LogP contribution in [0.2, 0.25) is 0 Å². The number of hydrogen-bond acceptors (Lipinski definition) is 4. The zero-order valence-electron chi connectivity index (χ0n) is 9.22. The van der Waals surface area contributed by atoms with Crippen molar-refractivity contribution in [2.45, 2.75) is 6.92 Å². The number of nitrogens with zero attached hydrogens (tertiary/aromatic N) is 6. The largest absolute Gasteiger partial charge is 0.272 e. The molecule has 0 aliphatic heterocycles. The van der Waals surface area contributed by atoms with Crippen molar-refractivity contribution in [3.05, 3.63) is 48.9 Å². The number of aryl methyl sites for hydroxylation is 1. The normalized spacial score (nSPS) is 10.6. The number of rotatable bonds is 2. The summed E-state index contributed by atoms with van der Waals surface area (Å²) in [6.45, 7) is 2.00. The molecule has 6 nitrogen and oxygen atoms in total. The molecule has 3 heterocycles. The van der Waals surface area contributed by atoms with Crippen molar-refractivity contribution in [2.75, 3.05) is 0 Å². The lowest BCUT2D eigenvalue weighted by Crippen LogP contribution is -1.98. The van der Waals surface area contributed by atoms with Crippen molar-refractivity contribution >= 4 is 0 Å². The molecular weight excluding hydrogens is 216 g/mol. The highest BCUT2D eigenvalue weighted by Crippen LogP contribution is 2.09. The molecule has 0 fully saturated rings. The second-order valence-electron chi connectivity index (χ2n) is 3.71. The molecule has 6 heteroatoms. The first kappa shape index (κ1) is 9.71. The van der Waals surface area contributed by atoms with Crippen LogP contribution in [0.4, 0.5) is 0 Å². The SMILES string of the molecule is Cc1cnn(-c2ccc(-n3cnnc3)nc2)c1. The van der Waals surface area contributed by atoms with Crippen LogP contribution in [0, 0.1) is 6.92 Å². The summed E-state index contributed by atoms with van der Waals surface area (Å²) in [5.74, 6) is 0.780. The summed E-state index contributed by atoms with van der Waals surface area (Å²) in [5.41, 5.74) is 2.04. The van der Waals surface area contributed by atoms with Gasteiger partial charge >= 0.3 is 0 Å². The standard InChI is InChI=1S/C11H10N6/c1-9-4-15-17(6-9)10-2-3-11(12-5-10)16-7-13-14-8-16/h2-8H,1H3. The van der Waals surface area contributed by atoms with Gasteiger partial charge in [-0.15, -0.1) is 10.2 Å². The molecule has 0 amide bonds. The van der Waals surface area contributed by atoms with Crippen molar-refractivity contribution < 1.29 is 0 Å². The molecule has 0 saturated carbocycles. The van der Waals surface area contributed by atoms with Crippen molar-refractivity contribution in [1.29, 1.82) is 0 Å². The van der Waals surface area contributed by atoms with Gasteiger partial charge in [0.15, 0.2) is 0 Å². The Kier molecular flexibility index (Phi) is 2.18. The summed E-state index contributed by atoms with van der Waals surface area (Å²) < 4.78 is 3.54. The Morgan fingerprint density at radius 2 is 1.88 bits per heavy atom. The molecular formula is C11H10N6. The number of hydrogen-bond donors (Lipinski definition) is 0. The minimum atomic E-state index is 0.780. The maximum atomic E-state index is 4.33. The van der Waals surface area contributed by atoms with Gasteiger partial charge in [-0.2, -0.15) is 5.10 Å². The Balaban J connectivity index is 1.95. The third-order valence-corrected chi connectivity index (χ3v) is 2.39. The van der Waals surface area contributed by atoms with Gasteiger partial charge in [-0.3, -0.25) is 4.57 Å². The molecule has 3 aromatic heterocycles. The molecule has 0 atom stereocenters. The molecule has 0 spiro atoms. The van der Waals surface area contributed by atoms with Crippen LogP contribution in [0.25, 0.3) is 11.5 Å². The maximum absolute atomic E-state index is 4.33. The van der Waals surface area contributed by atoms with E-state index in [0.717, 1.165) is 17.1 Å². The number of pyridine rings is 1. The first-order valence-corrected chi connectivity index (χ1v) is 5.15. The van der Waals surface area contributed by atoms with Gasteiger partial charge in [0.2, 0.25) is 0 Å². The fourth-order valence-electron chi connectivity index (χ4n) is 1.54. The van der Waals surface area contributed by atoms with Gasteiger partial charge < -0.3 is 0 Å². The Hall–Kier alpha value is -2.50. The molecule has 0 saturated heterocycles. The molecule has 84 valence electrons. The molecule has 3 aromatic rings. The zero-order chi connectivity index (χ0) is 11.7. The Labute approximate surface area is 97.6 Å². The Bertz CT molecular complexity index is 608. The minimum Gasteiger partial charge on any atom is -0.272 e. The Morgan fingerprint density at radius 1 is 1.06 bits per heavy atom. The van der Waals surface area contributed by atoms with Crippen LogP contribution in [-0.2, 0) is 0 Å². The summed E-state index contributed by atoms with van der Waals surface area (Å²) in [7, 11) is 0. The molecule has 0 aromatic carbocycles. The second-order valence-corrected chi connectivity index (χ2v) is 3.71. The Morgan fingerprint density at radius 3 is 2.47 bits per heavy atom. The summed E-state index contributed by atoms with van der Waals surface area (Å²) in [6.07, 6.45) is 8.76. The molecule has 3 rings (SSSR count). The van der Waals surface area contributed by atoms with Crippen LogP contribution >= 0.6 is 0 Å². The van der Waals surface area contributed by atoms with Gasteiger partial charge in [-0.1, -0.05) is 0 Å². The molecule has 0 bridgehead atoms. The molecule has 0 unspecified atom stereocenters. The van der Waals surface area contributed by atoms with E-state index in [-0.39, 0.29) is 0 Å². The van der Waals surface area contributed by atoms with E-state index < -0.39 is 0 Å². The highest BCUT2D eigenvalue weighted by molar-refractivity contribution is 5.34. The monoisotopic (exact) mass is 226 g/mol. The minimum absolute atomic E-state index is 0.780. The quantitative estimate of drug-likeness (QED) is 0.657. The van der Waals surface area contributed by atoms with Gasteiger partial charge in [-0.05, 0) is 24.6 Å². The van der Waals surface area contributed by atoms with Gasteiger partial charge in [0, 0.05) is 6.20 Å². The lowest BCUT2D eigenvalue weighted by atomic mass is 10.4. The van der Waals surface area contributed by atoms with E-state index in [0.29, 0.717) is 0 Å². The third kappa shape index (κ3) is 1.80. The van der Waals surface area contributed by atoms with Crippen LogP contribution in [0.3, 0.4) is 0 Å². The first-order valence-electron chi connectivity index (χ1n) is 5.15. The van der Waals surface area contributed by atoms with Gasteiger partial charge in [-0.25, -0.2) is 9.67 Å². The predicted molar refractivity (Wildman–Crippen MR) is 61.0 cm³/mol. The average molecular weight is 226 g/mol. The lowest BCUT2D eigenvalue weighted by molar-refractivity contribution is 0.867. The van der Waals surface area contributed by atoms with Crippen LogP contribution in [0.5, 0.6) is 0 Å². The lowest BCUT2D eigenvalue weighted by Gasteiger charge is -2.03. The highest BCUT2D eigenvalue weighted by atomic mass is 15.3. The van der Waals surface area contributed by atoms with Crippen molar-refractivity contribution in [2.24, 2.45) is 0 Å². The fraction of sp³-hybridized carbons (Fsp3) is 0.0909. The summed E-state index contributed by atoms with van der Waals surface area (Å²) in [5, 5.41) is 11.7. The van der Waals surface area contributed by atoms with Crippen molar-refractivity contribution in [3.8, 4) is 11.5 Å². The van der Waals surface area contributed by atoms with Crippen molar-refractivity contribution in [1.82, 2.24) is 29.5 Å². The summed E-state index contributed by atoms with van der Waals surface area (Å²) in [6, 6.07) is 3.85. The van der Waals surface area contributed by atoms with Crippen LogP contribution in [0.1, 0.15) is 5.56 Å². The van der Waals surface area contributed by atoms with Gasteiger partial charge in [0.05, 0.1) is 18.1 Å². The zero-order valence-corrected chi connectivity index (χ0v) is 9.22. The van der Waals surface area contributed by atoms with E-state index in [2.05, 4.69) is 20.3 Å². The van der Waals surface area contributed by atoms with E-state index >= 15 is 0 Å². The van der Waals surface area contributed by atoms with Gasteiger partial charge in [0.25, 0.3) is 0 Å². The number of aromatic nitrogens is 6. The molecule has 0 aliphatic rings. The maximum Gasteiger partial charge on any atom is 0.139 e. The smallest absolute Gasteiger partial charge is 0.139 e.